The zero-order chi connectivity index (χ0) is 22.8. The van der Waals surface area contributed by atoms with Gasteiger partial charge in [-0.25, -0.2) is 13.6 Å². The van der Waals surface area contributed by atoms with Gasteiger partial charge in [0.05, 0.1) is 5.69 Å². The maximum absolute atomic E-state index is 13.7. The third-order valence-electron chi connectivity index (χ3n) is 4.70. The fraction of sp³-hybridized carbons (Fsp3) is 0.227. The lowest BCUT2D eigenvalue weighted by molar-refractivity contribution is -0.133. The zero-order valence-corrected chi connectivity index (χ0v) is 17.0. The van der Waals surface area contributed by atoms with Gasteiger partial charge in [0.25, 0.3) is 5.91 Å². The summed E-state index contributed by atoms with van der Waals surface area (Å²) in [5.74, 6) is -2.63. The van der Waals surface area contributed by atoms with Gasteiger partial charge >= 0.3 is 6.03 Å². The Balaban J connectivity index is 1.70. The van der Waals surface area contributed by atoms with E-state index in [9.17, 15) is 23.2 Å². The van der Waals surface area contributed by atoms with E-state index in [1.54, 1.807) is 24.3 Å². The molecule has 0 aromatic heterocycles. The van der Waals surface area contributed by atoms with Crippen LogP contribution in [0.1, 0.15) is 19.4 Å². The highest BCUT2D eigenvalue weighted by Gasteiger charge is 2.49. The van der Waals surface area contributed by atoms with E-state index >= 15 is 0 Å². The van der Waals surface area contributed by atoms with Gasteiger partial charge in [-0.15, -0.1) is 0 Å². The molecule has 1 aliphatic heterocycles. The summed E-state index contributed by atoms with van der Waals surface area (Å²) in [7, 11) is 0. The Bertz CT molecular complexity index is 1060. The second kappa shape index (κ2) is 8.55. The van der Waals surface area contributed by atoms with E-state index in [1.807, 2.05) is 6.92 Å². The summed E-state index contributed by atoms with van der Waals surface area (Å²) >= 11 is 0. The largest absolute Gasteiger partial charge is 0.489 e. The molecule has 0 saturated carbocycles. The number of amides is 4. The van der Waals surface area contributed by atoms with Gasteiger partial charge < -0.3 is 15.4 Å². The van der Waals surface area contributed by atoms with Crippen LogP contribution in [0.3, 0.4) is 0 Å². The molecule has 9 heteroatoms. The van der Waals surface area contributed by atoms with Crippen LogP contribution in [0.5, 0.6) is 5.75 Å². The number of benzene rings is 2. The van der Waals surface area contributed by atoms with E-state index in [1.165, 1.54) is 6.92 Å². The number of carbonyl (C=O) groups excluding carboxylic acids is 3. The van der Waals surface area contributed by atoms with Crippen LogP contribution in [-0.2, 0) is 15.1 Å². The van der Waals surface area contributed by atoms with E-state index in [0.29, 0.717) is 24.0 Å². The number of hydrogen-bond acceptors (Lipinski definition) is 4. The van der Waals surface area contributed by atoms with Crippen LogP contribution in [-0.4, -0.2) is 35.9 Å². The molecule has 162 valence electrons. The highest BCUT2D eigenvalue weighted by Crippen LogP contribution is 2.30. The van der Waals surface area contributed by atoms with Gasteiger partial charge in [-0.3, -0.25) is 14.5 Å². The van der Waals surface area contributed by atoms with Crippen LogP contribution in [0.4, 0.5) is 19.3 Å². The van der Waals surface area contributed by atoms with Crippen molar-refractivity contribution in [2.45, 2.75) is 19.4 Å². The number of anilines is 1. The van der Waals surface area contributed by atoms with Crippen molar-refractivity contribution < 1.29 is 27.9 Å². The average Bonchev–Trinajstić information content (AvgIpc) is 2.93. The lowest BCUT2D eigenvalue weighted by Gasteiger charge is -2.22. The van der Waals surface area contributed by atoms with Gasteiger partial charge in [-0.2, -0.15) is 0 Å². The molecule has 3 rings (SSSR count). The molecule has 1 aliphatic rings. The van der Waals surface area contributed by atoms with Crippen LogP contribution in [0.25, 0.3) is 0 Å². The fourth-order valence-corrected chi connectivity index (χ4v) is 3.05. The molecule has 31 heavy (non-hydrogen) atoms. The summed E-state index contributed by atoms with van der Waals surface area (Å²) in [6.45, 7) is 6.83. The number of nitrogens with zero attached hydrogens (tertiary/aromatic N) is 1. The van der Waals surface area contributed by atoms with Crippen LogP contribution in [0, 0.1) is 11.6 Å². The highest BCUT2D eigenvalue weighted by atomic mass is 19.1. The standard InChI is InChI=1S/C22H21F2N3O4/c1-13(2)12-31-16-7-4-14(5-8-16)22(3)20(29)27(21(30)26-22)11-19(28)25-18-9-6-15(23)10-17(18)24/h4-10H,1,11-12H2,2-3H3,(H,25,28)(H,26,30). The third-order valence-corrected chi connectivity index (χ3v) is 4.70. The quantitative estimate of drug-likeness (QED) is 0.522. The molecule has 1 saturated heterocycles. The molecule has 2 N–H and O–H groups in total. The number of halogens is 2. The molecule has 2 aromatic rings. The number of hydrogen-bond donors (Lipinski definition) is 2. The van der Waals surface area contributed by atoms with E-state index in [4.69, 9.17) is 4.74 Å². The zero-order valence-electron chi connectivity index (χ0n) is 17.0. The van der Waals surface area contributed by atoms with Crippen molar-refractivity contribution >= 4 is 23.5 Å². The van der Waals surface area contributed by atoms with E-state index in [2.05, 4.69) is 17.2 Å². The summed E-state index contributed by atoms with van der Waals surface area (Å²) in [5, 5.41) is 4.81. The number of carbonyl (C=O) groups is 3. The fourth-order valence-electron chi connectivity index (χ4n) is 3.05. The lowest BCUT2D eigenvalue weighted by atomic mass is 9.92. The summed E-state index contributed by atoms with van der Waals surface area (Å²) in [6, 6.07) is 8.50. The monoisotopic (exact) mass is 429 g/mol. The molecule has 0 spiro atoms. The van der Waals surface area contributed by atoms with Crippen molar-refractivity contribution in [1.82, 2.24) is 10.2 Å². The Labute approximate surface area is 177 Å². The average molecular weight is 429 g/mol. The second-order valence-electron chi connectivity index (χ2n) is 7.39. The number of nitrogens with one attached hydrogen (secondary N) is 2. The van der Waals surface area contributed by atoms with Crippen LogP contribution < -0.4 is 15.4 Å². The summed E-state index contributed by atoms with van der Waals surface area (Å²) < 4.78 is 32.2. The molecule has 1 heterocycles. The minimum Gasteiger partial charge on any atom is -0.489 e. The van der Waals surface area contributed by atoms with E-state index in [-0.39, 0.29) is 5.69 Å². The molecular formula is C22H21F2N3O4. The first-order valence-electron chi connectivity index (χ1n) is 9.37. The van der Waals surface area contributed by atoms with Gasteiger partial charge in [0.1, 0.15) is 36.1 Å². The Morgan fingerprint density at radius 1 is 1.19 bits per heavy atom. The lowest BCUT2D eigenvalue weighted by Crippen LogP contribution is -2.42. The smallest absolute Gasteiger partial charge is 0.325 e. The Morgan fingerprint density at radius 2 is 1.87 bits per heavy atom. The first kappa shape index (κ1) is 21.9. The predicted molar refractivity (Wildman–Crippen MR) is 109 cm³/mol. The van der Waals surface area contributed by atoms with Crippen molar-refractivity contribution in [2.24, 2.45) is 0 Å². The maximum atomic E-state index is 13.7. The Morgan fingerprint density at radius 3 is 2.48 bits per heavy atom. The van der Waals surface area contributed by atoms with Crippen molar-refractivity contribution in [3.63, 3.8) is 0 Å². The molecule has 7 nitrogen and oxygen atoms in total. The maximum Gasteiger partial charge on any atom is 0.325 e. The van der Waals surface area contributed by atoms with Gasteiger partial charge in [-0.1, -0.05) is 18.7 Å². The predicted octanol–water partition coefficient (Wildman–Crippen LogP) is 3.33. The molecule has 0 radical (unpaired) electrons. The van der Waals surface area contributed by atoms with E-state index < -0.39 is 41.6 Å². The van der Waals surface area contributed by atoms with Crippen molar-refractivity contribution in [1.29, 1.82) is 0 Å². The molecule has 0 bridgehead atoms. The summed E-state index contributed by atoms with van der Waals surface area (Å²) in [6.07, 6.45) is 0. The third kappa shape index (κ3) is 4.71. The number of ether oxygens (including phenoxy) is 1. The first-order valence-corrected chi connectivity index (χ1v) is 9.37. The van der Waals surface area contributed by atoms with Crippen molar-refractivity contribution in [3.8, 4) is 5.75 Å². The number of rotatable bonds is 7. The molecular weight excluding hydrogens is 408 g/mol. The number of urea groups is 1. The summed E-state index contributed by atoms with van der Waals surface area (Å²) in [4.78, 5) is 38.3. The molecule has 1 unspecified atom stereocenters. The molecule has 1 atom stereocenters. The van der Waals surface area contributed by atoms with Gasteiger partial charge in [0, 0.05) is 6.07 Å². The SMILES string of the molecule is C=C(C)COc1ccc(C2(C)NC(=O)N(CC(=O)Nc3ccc(F)cc3F)C2=O)cc1. The normalized spacial score (nSPS) is 18.0. The van der Waals surface area contributed by atoms with Crippen molar-refractivity contribution in [3.05, 3.63) is 71.8 Å². The molecule has 0 aliphatic carbocycles. The van der Waals surface area contributed by atoms with Crippen molar-refractivity contribution in [2.75, 3.05) is 18.5 Å². The minimum absolute atomic E-state index is 0.258. The topological polar surface area (TPSA) is 87.7 Å². The van der Waals surface area contributed by atoms with Crippen LogP contribution in [0.2, 0.25) is 0 Å². The Hall–Kier alpha value is -3.75. The van der Waals surface area contributed by atoms with Gasteiger partial charge in [0.15, 0.2) is 0 Å². The van der Waals surface area contributed by atoms with Gasteiger partial charge in [0.2, 0.25) is 5.91 Å². The van der Waals surface area contributed by atoms with Crippen LogP contribution in [0.15, 0.2) is 54.6 Å². The van der Waals surface area contributed by atoms with E-state index in [0.717, 1.165) is 22.6 Å². The summed E-state index contributed by atoms with van der Waals surface area (Å²) in [5.41, 5.74) is -0.290. The second-order valence-corrected chi connectivity index (χ2v) is 7.39. The Kier molecular flexibility index (Phi) is 6.05. The van der Waals surface area contributed by atoms with Crippen LogP contribution >= 0.6 is 0 Å². The molecule has 2 aromatic carbocycles. The first-order chi connectivity index (χ1) is 14.6. The number of imide groups is 1. The highest BCUT2D eigenvalue weighted by molar-refractivity contribution is 6.10. The minimum atomic E-state index is -1.38. The molecule has 1 fully saturated rings. The van der Waals surface area contributed by atoms with Gasteiger partial charge in [-0.05, 0) is 49.2 Å². The molecule has 4 amide bonds.